The Bertz CT molecular complexity index is 1230. The fraction of sp³-hybridized carbons (Fsp3) is 0.500. The number of fused-ring (bicyclic) bond motifs is 1. The number of hydrogen-bond donors (Lipinski definition) is 0. The lowest BCUT2D eigenvalue weighted by Gasteiger charge is -2.34. The van der Waals surface area contributed by atoms with Crippen LogP contribution in [0.15, 0.2) is 59.6 Å². The number of hydrogen-bond acceptors (Lipinski definition) is 5. The quantitative estimate of drug-likeness (QED) is 0.572. The van der Waals surface area contributed by atoms with Gasteiger partial charge in [0.2, 0.25) is 0 Å². The first-order valence-corrected chi connectivity index (χ1v) is 15.5. The number of carbonyl (C=O) groups excluding carboxylic acids is 1. The van der Waals surface area contributed by atoms with Crippen LogP contribution in [0.5, 0.6) is 0 Å². The summed E-state index contributed by atoms with van der Waals surface area (Å²) in [7, 11) is -3.09. The van der Waals surface area contributed by atoms with Gasteiger partial charge in [0, 0.05) is 35.1 Å². The number of benzene rings is 2. The Morgan fingerprint density at radius 2 is 1.61 bits per heavy atom. The highest BCUT2D eigenvalue weighted by Gasteiger charge is 2.49. The molecule has 3 saturated heterocycles. The summed E-state index contributed by atoms with van der Waals surface area (Å²) in [6, 6.07) is 18.9. The molecule has 2 aromatic carbocycles. The third kappa shape index (κ3) is 5.49. The van der Waals surface area contributed by atoms with E-state index in [0.717, 1.165) is 25.2 Å². The van der Waals surface area contributed by atoms with Gasteiger partial charge in [-0.15, -0.1) is 0 Å². The van der Waals surface area contributed by atoms with E-state index in [0.29, 0.717) is 11.1 Å². The van der Waals surface area contributed by atoms with Crippen molar-refractivity contribution in [3.8, 4) is 0 Å². The molecule has 3 heterocycles. The molecule has 6 nitrogen and oxygen atoms in total. The largest absolute Gasteiger partial charge is 0.372 e. The van der Waals surface area contributed by atoms with Crippen molar-refractivity contribution in [3.05, 3.63) is 60.2 Å². The number of rotatable bonds is 4. The highest BCUT2D eigenvalue weighted by molar-refractivity contribution is 8.16. The fourth-order valence-electron chi connectivity index (χ4n) is 5.29. The molecule has 0 unspecified atom stereocenters. The molecular weight excluding hydrogens is 490 g/mol. The van der Waals surface area contributed by atoms with Crippen molar-refractivity contribution in [2.75, 3.05) is 34.4 Å². The standard InChI is InChI=1S/C28H35N3O3S2/c1-28(2,3)26(32)29-27-31(24-18-36(33,34)19-25(24)35-27)23-11-9-22(10-12-23)30-15-13-21(14-16-30)17-20-7-5-4-6-8-20/h4-12,21,24-25H,13-19H2,1-3H3/t24-,25+/m0/s1. The molecule has 5 rings (SSSR count). The zero-order valence-electron chi connectivity index (χ0n) is 21.3. The van der Waals surface area contributed by atoms with Crippen LogP contribution in [0.1, 0.15) is 39.2 Å². The van der Waals surface area contributed by atoms with Gasteiger partial charge in [0.05, 0.1) is 17.5 Å². The normalized spacial score (nSPS) is 25.4. The maximum atomic E-state index is 12.7. The molecule has 0 aromatic heterocycles. The second-order valence-electron chi connectivity index (χ2n) is 11.3. The molecule has 2 aromatic rings. The molecule has 1 amide bonds. The SMILES string of the molecule is CC(C)(C)C(=O)N=C1S[C@@H]2CS(=O)(=O)C[C@@H]2N1c1ccc(N2CCC(Cc3ccccc3)CC2)cc1. The molecule has 3 aliphatic heterocycles. The maximum absolute atomic E-state index is 12.7. The van der Waals surface area contributed by atoms with Crippen molar-refractivity contribution in [1.29, 1.82) is 0 Å². The van der Waals surface area contributed by atoms with Crippen LogP contribution in [0, 0.1) is 11.3 Å². The van der Waals surface area contributed by atoms with E-state index in [1.165, 1.54) is 35.9 Å². The Balaban J connectivity index is 1.30. The van der Waals surface area contributed by atoms with Crippen LogP contribution in [0.4, 0.5) is 11.4 Å². The summed E-state index contributed by atoms with van der Waals surface area (Å²) >= 11 is 1.43. The van der Waals surface area contributed by atoms with Crippen LogP contribution in [0.25, 0.3) is 0 Å². The van der Waals surface area contributed by atoms with Crippen molar-refractivity contribution < 1.29 is 13.2 Å². The first-order valence-electron chi connectivity index (χ1n) is 12.8. The van der Waals surface area contributed by atoms with Crippen molar-refractivity contribution in [3.63, 3.8) is 0 Å². The summed E-state index contributed by atoms with van der Waals surface area (Å²) in [4.78, 5) is 21.6. The zero-order chi connectivity index (χ0) is 25.5. The van der Waals surface area contributed by atoms with Gasteiger partial charge in [0.15, 0.2) is 15.0 Å². The van der Waals surface area contributed by atoms with Crippen LogP contribution in [0.2, 0.25) is 0 Å². The second kappa shape index (κ2) is 9.86. The van der Waals surface area contributed by atoms with Gasteiger partial charge in [-0.05, 0) is 55.0 Å². The van der Waals surface area contributed by atoms with Crippen molar-refractivity contribution >= 4 is 44.0 Å². The minimum Gasteiger partial charge on any atom is -0.372 e. The van der Waals surface area contributed by atoms with Crippen molar-refractivity contribution in [1.82, 2.24) is 0 Å². The lowest BCUT2D eigenvalue weighted by atomic mass is 9.90. The van der Waals surface area contributed by atoms with Crippen molar-refractivity contribution in [2.45, 2.75) is 51.3 Å². The third-order valence-corrected chi connectivity index (χ3v) is 10.6. The topological polar surface area (TPSA) is 70.0 Å². The van der Waals surface area contributed by atoms with E-state index in [2.05, 4.69) is 64.5 Å². The number of amidine groups is 1. The number of anilines is 2. The molecule has 36 heavy (non-hydrogen) atoms. The van der Waals surface area contributed by atoms with E-state index in [1.54, 1.807) is 0 Å². The van der Waals surface area contributed by atoms with E-state index in [9.17, 15) is 13.2 Å². The zero-order valence-corrected chi connectivity index (χ0v) is 22.9. The molecule has 8 heteroatoms. The summed E-state index contributed by atoms with van der Waals surface area (Å²) < 4.78 is 24.7. The van der Waals surface area contributed by atoms with Gasteiger partial charge in [-0.25, -0.2) is 8.42 Å². The number of nitrogens with zero attached hydrogens (tertiary/aromatic N) is 3. The average Bonchev–Trinajstić information content (AvgIpc) is 3.30. The molecule has 0 bridgehead atoms. The number of sulfone groups is 1. The predicted molar refractivity (Wildman–Crippen MR) is 150 cm³/mol. The minimum absolute atomic E-state index is 0.0927. The van der Waals surface area contributed by atoms with E-state index in [1.807, 2.05) is 25.7 Å². The van der Waals surface area contributed by atoms with Crippen LogP contribution in [-0.4, -0.2) is 55.4 Å². The highest BCUT2D eigenvalue weighted by atomic mass is 32.2. The van der Waals surface area contributed by atoms with E-state index in [-0.39, 0.29) is 28.7 Å². The van der Waals surface area contributed by atoms with Gasteiger partial charge < -0.3 is 9.80 Å². The number of piperidine rings is 1. The Labute approximate surface area is 219 Å². The van der Waals surface area contributed by atoms with Crippen LogP contribution >= 0.6 is 11.8 Å². The second-order valence-corrected chi connectivity index (χ2v) is 14.6. The van der Waals surface area contributed by atoms with E-state index < -0.39 is 15.3 Å². The number of carbonyl (C=O) groups is 1. The molecule has 2 atom stereocenters. The molecule has 192 valence electrons. The average molecular weight is 526 g/mol. The summed E-state index contributed by atoms with van der Waals surface area (Å²) in [5.41, 5.74) is 2.91. The van der Waals surface area contributed by atoms with E-state index >= 15 is 0 Å². The monoisotopic (exact) mass is 525 g/mol. The van der Waals surface area contributed by atoms with E-state index in [4.69, 9.17) is 0 Å². The smallest absolute Gasteiger partial charge is 0.253 e. The van der Waals surface area contributed by atoms with Gasteiger partial charge in [0.1, 0.15) is 0 Å². The molecule has 0 saturated carbocycles. The summed E-state index contributed by atoms with van der Waals surface area (Å²) in [6.07, 6.45) is 3.49. The number of thioether (sulfide) groups is 1. The Hall–Kier alpha value is -2.32. The van der Waals surface area contributed by atoms with Crippen molar-refractivity contribution in [2.24, 2.45) is 16.3 Å². The summed E-state index contributed by atoms with van der Waals surface area (Å²) in [6.45, 7) is 7.63. The number of aliphatic imine (C=N–C) groups is 1. The molecule has 0 spiro atoms. The molecule has 0 N–H and O–H groups in total. The maximum Gasteiger partial charge on any atom is 0.253 e. The van der Waals surface area contributed by atoms with Crippen LogP contribution in [-0.2, 0) is 21.1 Å². The highest BCUT2D eigenvalue weighted by Crippen LogP contribution is 2.42. The predicted octanol–water partition coefficient (Wildman–Crippen LogP) is 4.79. The number of amides is 1. The Morgan fingerprint density at radius 3 is 2.25 bits per heavy atom. The lowest BCUT2D eigenvalue weighted by Crippen LogP contribution is -2.38. The first-order chi connectivity index (χ1) is 17.1. The van der Waals surface area contributed by atoms with Gasteiger partial charge in [-0.2, -0.15) is 4.99 Å². The summed E-state index contributed by atoms with van der Waals surface area (Å²) in [5.74, 6) is 0.763. The minimum atomic E-state index is -3.09. The lowest BCUT2D eigenvalue weighted by molar-refractivity contribution is -0.124. The van der Waals surface area contributed by atoms with Gasteiger partial charge in [0.25, 0.3) is 5.91 Å². The van der Waals surface area contributed by atoms with Crippen LogP contribution < -0.4 is 9.80 Å². The first kappa shape index (κ1) is 25.3. The fourth-order valence-corrected chi connectivity index (χ4v) is 9.20. The Morgan fingerprint density at radius 1 is 0.972 bits per heavy atom. The molecular formula is C28H35N3O3S2. The molecule has 3 aliphatic rings. The molecule has 0 aliphatic carbocycles. The third-order valence-electron chi connectivity index (χ3n) is 7.38. The van der Waals surface area contributed by atoms with Crippen LogP contribution in [0.3, 0.4) is 0 Å². The van der Waals surface area contributed by atoms with Gasteiger partial charge >= 0.3 is 0 Å². The molecule has 3 fully saturated rings. The summed E-state index contributed by atoms with van der Waals surface area (Å²) in [5, 5.41) is 0.527. The van der Waals surface area contributed by atoms with Gasteiger partial charge in [-0.1, -0.05) is 62.9 Å². The van der Waals surface area contributed by atoms with Gasteiger partial charge in [-0.3, -0.25) is 4.79 Å². The Kier molecular flexibility index (Phi) is 6.94. The molecule has 0 radical (unpaired) electrons.